The number of anilines is 1. The first kappa shape index (κ1) is 33.8. The minimum Gasteiger partial charge on any atom is -0.495 e. The Labute approximate surface area is 274 Å². The van der Waals surface area contributed by atoms with Crippen LogP contribution >= 0.6 is 23.2 Å². The standard InChI is InChI=1S/C34H35Cl2N3O5S/c1-4-37-34(41)31(21-25-11-7-5-8-12-25)38(22-26-16-17-28(35)29(36)20-26)33(40)23-39(30-19-24(2)15-18-32(30)44-3)45(42,43)27-13-9-6-10-14-27/h5-20,31H,4,21-23H2,1-3H3,(H,37,41). The van der Waals surface area contributed by atoms with Crippen LogP contribution in [-0.4, -0.2) is 51.4 Å². The topological polar surface area (TPSA) is 96.0 Å². The number of carbonyl (C=O) groups excluding carboxylic acids is 2. The summed E-state index contributed by atoms with van der Waals surface area (Å²) in [6.45, 7) is 3.31. The monoisotopic (exact) mass is 667 g/mol. The number of methoxy groups -OCH3 is 1. The van der Waals surface area contributed by atoms with E-state index in [1.807, 2.05) is 37.3 Å². The van der Waals surface area contributed by atoms with Crippen molar-refractivity contribution in [1.29, 1.82) is 0 Å². The average Bonchev–Trinajstić information content (AvgIpc) is 3.04. The van der Waals surface area contributed by atoms with Crippen LogP contribution in [0, 0.1) is 6.92 Å². The van der Waals surface area contributed by atoms with Crippen LogP contribution in [-0.2, 0) is 32.6 Å². The fourth-order valence-corrected chi connectivity index (χ4v) is 6.67. The molecule has 0 radical (unpaired) electrons. The highest BCUT2D eigenvalue weighted by molar-refractivity contribution is 7.92. The van der Waals surface area contributed by atoms with E-state index in [2.05, 4.69) is 5.32 Å². The molecule has 2 amide bonds. The lowest BCUT2D eigenvalue weighted by Gasteiger charge is -2.34. The SMILES string of the molecule is CCNC(=O)C(Cc1ccccc1)N(Cc1ccc(Cl)c(Cl)c1)C(=O)CN(c1cc(C)ccc1OC)S(=O)(=O)c1ccccc1. The maximum atomic E-state index is 14.5. The molecular weight excluding hydrogens is 633 g/mol. The van der Waals surface area contributed by atoms with E-state index in [1.54, 1.807) is 61.5 Å². The second kappa shape index (κ2) is 15.3. The summed E-state index contributed by atoms with van der Waals surface area (Å²) >= 11 is 12.5. The number of sulfonamides is 1. The minimum absolute atomic E-state index is 0.00181. The van der Waals surface area contributed by atoms with Gasteiger partial charge in [-0.1, -0.05) is 83.9 Å². The molecule has 236 valence electrons. The Hall–Kier alpha value is -4.05. The number of halogens is 2. The maximum Gasteiger partial charge on any atom is 0.264 e. The third kappa shape index (κ3) is 8.36. The normalized spacial score (nSPS) is 11.8. The number of carbonyl (C=O) groups is 2. The Morgan fingerprint density at radius 2 is 1.53 bits per heavy atom. The van der Waals surface area contributed by atoms with Crippen LogP contribution < -0.4 is 14.4 Å². The summed E-state index contributed by atoms with van der Waals surface area (Å²) in [7, 11) is -2.83. The van der Waals surface area contributed by atoms with E-state index in [9.17, 15) is 18.0 Å². The highest BCUT2D eigenvalue weighted by Crippen LogP contribution is 2.34. The highest BCUT2D eigenvalue weighted by atomic mass is 35.5. The molecule has 1 N–H and O–H groups in total. The lowest BCUT2D eigenvalue weighted by atomic mass is 10.0. The van der Waals surface area contributed by atoms with Gasteiger partial charge in [-0.15, -0.1) is 0 Å². The fraction of sp³-hybridized carbons (Fsp3) is 0.235. The van der Waals surface area contributed by atoms with E-state index in [0.717, 1.165) is 15.4 Å². The zero-order chi connectivity index (χ0) is 32.6. The Balaban J connectivity index is 1.85. The zero-order valence-corrected chi connectivity index (χ0v) is 27.6. The van der Waals surface area contributed by atoms with Crippen molar-refractivity contribution >= 4 is 50.7 Å². The fourth-order valence-electron chi connectivity index (χ4n) is 4.91. The highest BCUT2D eigenvalue weighted by Gasteiger charge is 2.35. The number of ether oxygens (including phenoxy) is 1. The number of hydrogen-bond donors (Lipinski definition) is 1. The van der Waals surface area contributed by atoms with Crippen molar-refractivity contribution in [3.05, 3.63) is 124 Å². The van der Waals surface area contributed by atoms with Gasteiger partial charge in [0.25, 0.3) is 10.0 Å². The van der Waals surface area contributed by atoms with Gasteiger partial charge >= 0.3 is 0 Å². The summed E-state index contributed by atoms with van der Waals surface area (Å²) in [5, 5.41) is 3.47. The van der Waals surface area contributed by atoms with Gasteiger partial charge in [0.15, 0.2) is 0 Å². The van der Waals surface area contributed by atoms with Crippen molar-refractivity contribution in [3.63, 3.8) is 0 Å². The van der Waals surface area contributed by atoms with Crippen molar-refractivity contribution in [1.82, 2.24) is 10.2 Å². The molecule has 0 heterocycles. The van der Waals surface area contributed by atoms with Crippen molar-refractivity contribution in [2.24, 2.45) is 0 Å². The molecule has 0 spiro atoms. The van der Waals surface area contributed by atoms with Gasteiger partial charge in [0, 0.05) is 19.5 Å². The average molecular weight is 669 g/mol. The van der Waals surface area contributed by atoms with Crippen molar-refractivity contribution < 1.29 is 22.7 Å². The molecule has 4 rings (SSSR count). The molecule has 0 fully saturated rings. The molecule has 1 atom stereocenters. The lowest BCUT2D eigenvalue weighted by molar-refractivity contribution is -0.140. The predicted molar refractivity (Wildman–Crippen MR) is 178 cm³/mol. The van der Waals surface area contributed by atoms with Crippen molar-refractivity contribution in [2.45, 2.75) is 37.8 Å². The number of nitrogens with one attached hydrogen (secondary N) is 1. The van der Waals surface area contributed by atoms with Gasteiger partial charge in [-0.2, -0.15) is 0 Å². The van der Waals surface area contributed by atoms with Crippen LogP contribution in [0.1, 0.15) is 23.6 Å². The lowest BCUT2D eigenvalue weighted by Crippen LogP contribution is -2.53. The summed E-state index contributed by atoms with van der Waals surface area (Å²) < 4.78 is 35.0. The van der Waals surface area contributed by atoms with Crippen LogP contribution in [0.2, 0.25) is 10.0 Å². The Morgan fingerprint density at radius 1 is 0.867 bits per heavy atom. The van der Waals surface area contributed by atoms with E-state index in [0.29, 0.717) is 17.1 Å². The van der Waals surface area contributed by atoms with Crippen LogP contribution in [0.3, 0.4) is 0 Å². The van der Waals surface area contributed by atoms with E-state index in [1.165, 1.54) is 24.1 Å². The molecule has 0 aromatic heterocycles. The summed E-state index contributed by atoms with van der Waals surface area (Å²) in [6.07, 6.45) is 0.193. The second-order valence-electron chi connectivity index (χ2n) is 10.4. The van der Waals surface area contributed by atoms with Crippen molar-refractivity contribution in [2.75, 3.05) is 24.5 Å². The molecular formula is C34H35Cl2N3O5S. The third-order valence-electron chi connectivity index (χ3n) is 7.17. The van der Waals surface area contributed by atoms with E-state index < -0.39 is 28.5 Å². The van der Waals surface area contributed by atoms with Gasteiger partial charge in [-0.25, -0.2) is 8.42 Å². The number of hydrogen-bond acceptors (Lipinski definition) is 5. The van der Waals surface area contributed by atoms with Crippen molar-refractivity contribution in [3.8, 4) is 5.75 Å². The quantitative estimate of drug-likeness (QED) is 0.181. The third-order valence-corrected chi connectivity index (χ3v) is 9.69. The number of likely N-dealkylation sites (N-methyl/N-ethyl adjacent to an activating group) is 1. The summed E-state index contributed by atoms with van der Waals surface area (Å²) in [5.74, 6) is -0.704. The minimum atomic E-state index is -4.27. The number of benzene rings is 4. The van der Waals surface area contributed by atoms with Gasteiger partial charge in [-0.05, 0) is 66.9 Å². The summed E-state index contributed by atoms with van der Waals surface area (Å²) in [6, 6.07) is 26.3. The maximum absolute atomic E-state index is 14.5. The Morgan fingerprint density at radius 3 is 2.16 bits per heavy atom. The van der Waals surface area contributed by atoms with Crippen LogP contribution in [0.5, 0.6) is 5.75 Å². The van der Waals surface area contributed by atoms with Crippen LogP contribution in [0.15, 0.2) is 102 Å². The van der Waals surface area contributed by atoms with Gasteiger partial charge in [0.2, 0.25) is 11.8 Å². The van der Waals surface area contributed by atoms with Crippen LogP contribution in [0.25, 0.3) is 0 Å². The summed E-state index contributed by atoms with van der Waals surface area (Å²) in [5.41, 5.74) is 2.41. The first-order valence-electron chi connectivity index (χ1n) is 14.3. The molecule has 8 nitrogen and oxygen atoms in total. The molecule has 0 bridgehead atoms. The predicted octanol–water partition coefficient (Wildman–Crippen LogP) is 6.28. The number of amides is 2. The first-order valence-corrected chi connectivity index (χ1v) is 16.5. The largest absolute Gasteiger partial charge is 0.495 e. The zero-order valence-electron chi connectivity index (χ0n) is 25.2. The van der Waals surface area contributed by atoms with Gasteiger partial charge in [0.05, 0.1) is 27.7 Å². The molecule has 11 heteroatoms. The van der Waals surface area contributed by atoms with Gasteiger partial charge in [0.1, 0.15) is 18.3 Å². The number of rotatable bonds is 13. The molecule has 1 unspecified atom stereocenters. The molecule has 0 aliphatic carbocycles. The molecule has 45 heavy (non-hydrogen) atoms. The Kier molecular flexibility index (Phi) is 11.5. The molecule has 4 aromatic carbocycles. The van der Waals surface area contributed by atoms with E-state index >= 15 is 0 Å². The van der Waals surface area contributed by atoms with Gasteiger partial charge < -0.3 is 15.0 Å². The van der Waals surface area contributed by atoms with E-state index in [-0.39, 0.29) is 40.2 Å². The molecule has 0 saturated carbocycles. The molecule has 0 saturated heterocycles. The molecule has 0 aliphatic rings. The van der Waals surface area contributed by atoms with Gasteiger partial charge in [-0.3, -0.25) is 13.9 Å². The Bertz CT molecular complexity index is 1740. The van der Waals surface area contributed by atoms with E-state index in [4.69, 9.17) is 27.9 Å². The smallest absolute Gasteiger partial charge is 0.264 e. The number of nitrogens with zero attached hydrogens (tertiary/aromatic N) is 2. The van der Waals surface area contributed by atoms with Crippen LogP contribution in [0.4, 0.5) is 5.69 Å². The molecule has 4 aromatic rings. The number of aryl methyl sites for hydroxylation is 1. The summed E-state index contributed by atoms with van der Waals surface area (Å²) in [4.78, 5) is 29.5. The second-order valence-corrected chi connectivity index (χ2v) is 13.0. The first-order chi connectivity index (χ1) is 21.5. The molecule has 0 aliphatic heterocycles.